The number of amides is 1. The predicted molar refractivity (Wildman–Crippen MR) is 110 cm³/mol. The van der Waals surface area contributed by atoms with Crippen LogP contribution in [0.3, 0.4) is 0 Å². The molecular weight excluding hydrogens is 398 g/mol. The molecule has 1 aliphatic heterocycles. The molecule has 1 saturated heterocycles. The van der Waals surface area contributed by atoms with Gasteiger partial charge in [-0.2, -0.15) is 0 Å². The number of hydrogen-bond acceptors (Lipinski definition) is 3. The highest BCUT2D eigenvalue weighted by molar-refractivity contribution is 5.94. The van der Waals surface area contributed by atoms with Gasteiger partial charge in [0.2, 0.25) is 0 Å². The first kappa shape index (κ1) is 21.5. The molecule has 4 rings (SSSR count). The molecule has 1 saturated carbocycles. The predicted octanol–water partition coefficient (Wildman–Crippen LogP) is 4.78. The van der Waals surface area contributed by atoms with E-state index in [0.717, 1.165) is 50.5 Å². The lowest BCUT2D eigenvalue weighted by molar-refractivity contribution is 0.0705. The van der Waals surface area contributed by atoms with Gasteiger partial charge in [0.15, 0.2) is 11.6 Å². The van der Waals surface area contributed by atoms with Crippen molar-refractivity contribution in [3.63, 3.8) is 0 Å². The van der Waals surface area contributed by atoms with Gasteiger partial charge >= 0.3 is 0 Å². The van der Waals surface area contributed by atoms with Crippen LogP contribution in [-0.2, 0) is 0 Å². The lowest BCUT2D eigenvalue weighted by Gasteiger charge is -2.32. The van der Waals surface area contributed by atoms with Gasteiger partial charge in [-0.1, -0.05) is 0 Å². The summed E-state index contributed by atoms with van der Waals surface area (Å²) in [5.41, 5.74) is 0.580. The van der Waals surface area contributed by atoms with Crippen molar-refractivity contribution < 1.29 is 18.3 Å². The highest BCUT2D eigenvalue weighted by Gasteiger charge is 2.26. The van der Waals surface area contributed by atoms with Crippen LogP contribution in [0.5, 0.6) is 11.5 Å². The maximum atomic E-state index is 13.7. The summed E-state index contributed by atoms with van der Waals surface area (Å²) in [5, 5.41) is 3.61. The van der Waals surface area contributed by atoms with Crippen LogP contribution in [0.4, 0.5) is 8.78 Å². The number of hydrogen-bond donors (Lipinski definition) is 1. The number of ether oxygens (including phenoxy) is 1. The van der Waals surface area contributed by atoms with Crippen molar-refractivity contribution in [2.45, 2.75) is 31.7 Å². The van der Waals surface area contributed by atoms with E-state index in [0.29, 0.717) is 17.4 Å². The van der Waals surface area contributed by atoms with Gasteiger partial charge in [0.1, 0.15) is 11.6 Å². The number of nitrogens with one attached hydrogen (secondary N) is 1. The topological polar surface area (TPSA) is 41.6 Å². The van der Waals surface area contributed by atoms with E-state index in [4.69, 9.17) is 4.74 Å². The Bertz CT molecular complexity index is 835. The third-order valence-electron chi connectivity index (χ3n) is 5.40. The molecule has 29 heavy (non-hydrogen) atoms. The Morgan fingerprint density at radius 3 is 2.34 bits per heavy atom. The van der Waals surface area contributed by atoms with Crippen LogP contribution in [0.25, 0.3) is 0 Å². The average Bonchev–Trinajstić information content (AvgIpc) is 3.54. The van der Waals surface area contributed by atoms with Gasteiger partial charge in [-0.05, 0) is 74.5 Å². The van der Waals surface area contributed by atoms with Gasteiger partial charge in [-0.15, -0.1) is 12.4 Å². The smallest absolute Gasteiger partial charge is 0.253 e. The van der Waals surface area contributed by atoms with Crippen molar-refractivity contribution in [2.75, 3.05) is 19.6 Å². The fraction of sp³-hybridized carbons (Fsp3) is 0.409. The van der Waals surface area contributed by atoms with Gasteiger partial charge in [0.25, 0.3) is 5.91 Å². The van der Waals surface area contributed by atoms with Crippen molar-refractivity contribution in [2.24, 2.45) is 5.92 Å². The standard InChI is InChI=1S/C22H24F2N2O2.ClH/c23-17-5-8-21(20(24)13-17)28-19-6-3-16(4-7-19)22(27)26-11-9-18(10-12-26)25-14-15-1-2-15;/h3-8,13,15,18,25H,1-2,9-12,14H2;1H. The van der Waals surface area contributed by atoms with Crippen LogP contribution < -0.4 is 10.1 Å². The Morgan fingerprint density at radius 2 is 1.72 bits per heavy atom. The van der Waals surface area contributed by atoms with Crippen LogP contribution in [0.1, 0.15) is 36.0 Å². The zero-order valence-corrected chi connectivity index (χ0v) is 16.9. The van der Waals surface area contributed by atoms with Gasteiger partial charge in [0.05, 0.1) is 0 Å². The molecule has 156 valence electrons. The van der Waals surface area contributed by atoms with E-state index < -0.39 is 11.6 Å². The minimum Gasteiger partial charge on any atom is -0.454 e. The Morgan fingerprint density at radius 1 is 1.03 bits per heavy atom. The molecule has 4 nitrogen and oxygen atoms in total. The number of piperidine rings is 1. The molecule has 2 fully saturated rings. The fourth-order valence-electron chi connectivity index (χ4n) is 3.48. The normalized spacial score (nSPS) is 17.0. The summed E-state index contributed by atoms with van der Waals surface area (Å²) < 4.78 is 32.1. The maximum absolute atomic E-state index is 13.7. The third-order valence-corrected chi connectivity index (χ3v) is 5.40. The van der Waals surface area contributed by atoms with E-state index in [-0.39, 0.29) is 24.1 Å². The number of carbonyl (C=O) groups excluding carboxylic acids is 1. The second-order valence-electron chi connectivity index (χ2n) is 7.62. The van der Waals surface area contributed by atoms with Crippen molar-refractivity contribution in [3.05, 3.63) is 59.7 Å². The molecule has 1 amide bonds. The summed E-state index contributed by atoms with van der Waals surface area (Å²) in [7, 11) is 0. The van der Waals surface area contributed by atoms with E-state index in [9.17, 15) is 13.6 Å². The van der Waals surface area contributed by atoms with Crippen LogP contribution in [0, 0.1) is 17.6 Å². The van der Waals surface area contributed by atoms with Gasteiger partial charge < -0.3 is 15.0 Å². The zero-order valence-electron chi connectivity index (χ0n) is 16.1. The van der Waals surface area contributed by atoms with Gasteiger partial charge in [0, 0.05) is 30.8 Å². The SMILES string of the molecule is Cl.O=C(c1ccc(Oc2ccc(F)cc2F)cc1)N1CCC(NCC2CC2)CC1. The van der Waals surface area contributed by atoms with Crippen molar-refractivity contribution in [1.82, 2.24) is 10.2 Å². The number of likely N-dealkylation sites (tertiary alicyclic amines) is 1. The molecule has 0 bridgehead atoms. The monoisotopic (exact) mass is 422 g/mol. The first-order chi connectivity index (χ1) is 13.6. The minimum atomic E-state index is -0.765. The number of halogens is 3. The second-order valence-corrected chi connectivity index (χ2v) is 7.62. The quantitative estimate of drug-likeness (QED) is 0.728. The van der Waals surface area contributed by atoms with Crippen LogP contribution in [0.2, 0.25) is 0 Å². The number of rotatable bonds is 6. The summed E-state index contributed by atoms with van der Waals surface area (Å²) in [4.78, 5) is 14.6. The van der Waals surface area contributed by atoms with Crippen LogP contribution in [0.15, 0.2) is 42.5 Å². The maximum Gasteiger partial charge on any atom is 0.253 e. The van der Waals surface area contributed by atoms with Gasteiger partial charge in [-0.3, -0.25) is 4.79 Å². The first-order valence-electron chi connectivity index (χ1n) is 9.84. The second kappa shape index (κ2) is 9.55. The van der Waals surface area contributed by atoms with Crippen molar-refractivity contribution in [1.29, 1.82) is 0 Å². The van der Waals surface area contributed by atoms with Crippen molar-refractivity contribution in [3.8, 4) is 11.5 Å². The third kappa shape index (κ3) is 5.67. The number of benzene rings is 2. The molecule has 2 aliphatic rings. The van der Waals surface area contributed by atoms with Crippen LogP contribution in [-0.4, -0.2) is 36.5 Å². The number of nitrogens with zero attached hydrogens (tertiary/aromatic N) is 1. The highest BCUT2D eigenvalue weighted by Crippen LogP contribution is 2.28. The molecule has 0 spiro atoms. The molecule has 0 radical (unpaired) electrons. The van der Waals surface area contributed by atoms with E-state index in [1.165, 1.54) is 18.9 Å². The van der Waals surface area contributed by atoms with Gasteiger partial charge in [-0.25, -0.2) is 8.78 Å². The molecule has 0 unspecified atom stereocenters. The van der Waals surface area contributed by atoms with E-state index in [1.54, 1.807) is 24.3 Å². The lowest BCUT2D eigenvalue weighted by Crippen LogP contribution is -2.45. The molecule has 1 N–H and O–H groups in total. The zero-order chi connectivity index (χ0) is 19.5. The Balaban J connectivity index is 0.00000240. The largest absolute Gasteiger partial charge is 0.454 e. The summed E-state index contributed by atoms with van der Waals surface area (Å²) in [6, 6.07) is 10.3. The number of carbonyl (C=O) groups is 1. The summed E-state index contributed by atoms with van der Waals surface area (Å²) in [6.45, 7) is 2.61. The Kier molecular flexibility index (Phi) is 7.09. The molecular formula is C22H25ClF2N2O2. The highest BCUT2D eigenvalue weighted by atomic mass is 35.5. The Hall–Kier alpha value is -2.18. The van der Waals surface area contributed by atoms with Crippen LogP contribution >= 0.6 is 12.4 Å². The lowest BCUT2D eigenvalue weighted by atomic mass is 10.0. The molecule has 2 aromatic rings. The summed E-state index contributed by atoms with van der Waals surface area (Å²) in [5.74, 6) is -0.217. The fourth-order valence-corrected chi connectivity index (χ4v) is 3.48. The molecule has 0 atom stereocenters. The average molecular weight is 423 g/mol. The summed E-state index contributed by atoms with van der Waals surface area (Å²) >= 11 is 0. The molecule has 0 aromatic heterocycles. The summed E-state index contributed by atoms with van der Waals surface area (Å²) in [6.07, 6.45) is 4.64. The molecule has 1 heterocycles. The van der Waals surface area contributed by atoms with E-state index in [2.05, 4.69) is 5.32 Å². The molecule has 1 aliphatic carbocycles. The molecule has 7 heteroatoms. The Labute approximate surface area is 175 Å². The van der Waals surface area contributed by atoms with Crippen molar-refractivity contribution >= 4 is 18.3 Å². The molecule has 2 aromatic carbocycles. The minimum absolute atomic E-state index is 0. The first-order valence-corrected chi connectivity index (χ1v) is 9.84. The van der Waals surface area contributed by atoms with E-state index >= 15 is 0 Å². The van der Waals surface area contributed by atoms with E-state index in [1.807, 2.05) is 4.90 Å².